The Hall–Kier alpha value is -1.40. The first kappa shape index (κ1) is 19.9. The molecule has 1 aromatic rings. The van der Waals surface area contributed by atoms with Gasteiger partial charge >= 0.3 is 0 Å². The van der Waals surface area contributed by atoms with Crippen LogP contribution in [0.25, 0.3) is 0 Å². The van der Waals surface area contributed by atoms with Gasteiger partial charge in [-0.2, -0.15) is 0 Å². The Morgan fingerprint density at radius 2 is 1.84 bits per heavy atom. The van der Waals surface area contributed by atoms with E-state index in [-0.39, 0.29) is 12.5 Å². The lowest BCUT2D eigenvalue weighted by atomic mass is 9.86. The van der Waals surface area contributed by atoms with E-state index in [2.05, 4.69) is 10.0 Å². The smallest absolute Gasteiger partial charge is 0.240 e. The van der Waals surface area contributed by atoms with E-state index in [9.17, 15) is 13.2 Å². The maximum absolute atomic E-state index is 12.4. The summed E-state index contributed by atoms with van der Waals surface area (Å²) in [5, 5.41) is 2.81. The highest BCUT2D eigenvalue weighted by Gasteiger charge is 2.17. The van der Waals surface area contributed by atoms with Crippen molar-refractivity contribution in [3.05, 3.63) is 29.3 Å². The van der Waals surface area contributed by atoms with Crippen molar-refractivity contribution < 1.29 is 13.2 Å². The second-order valence-electron chi connectivity index (χ2n) is 7.06. The number of hydrogen-bond donors (Lipinski definition) is 2. The molecule has 1 aromatic carbocycles. The van der Waals surface area contributed by atoms with Gasteiger partial charge in [-0.3, -0.25) is 4.79 Å². The lowest BCUT2D eigenvalue weighted by Crippen LogP contribution is -2.35. The average molecular weight is 367 g/mol. The van der Waals surface area contributed by atoms with Crippen LogP contribution in [0.2, 0.25) is 0 Å². The summed E-state index contributed by atoms with van der Waals surface area (Å²) in [5.74, 6) is 0.693. The van der Waals surface area contributed by atoms with Gasteiger partial charge in [0.1, 0.15) is 0 Å². The SMILES string of the molecule is Cc1ccc(C)c(S(=O)(=O)NCCNC(=O)CCC2CCCCC2)c1. The Kier molecular flexibility index (Phi) is 7.44. The maximum atomic E-state index is 12.4. The van der Waals surface area contributed by atoms with Gasteiger partial charge in [0.15, 0.2) is 0 Å². The second-order valence-corrected chi connectivity index (χ2v) is 8.79. The summed E-state index contributed by atoms with van der Waals surface area (Å²) in [6.45, 7) is 4.16. The van der Waals surface area contributed by atoms with Crippen LogP contribution in [0, 0.1) is 19.8 Å². The maximum Gasteiger partial charge on any atom is 0.240 e. The molecule has 0 atom stereocenters. The molecule has 2 rings (SSSR count). The molecule has 1 aliphatic rings. The predicted molar refractivity (Wildman–Crippen MR) is 99.9 cm³/mol. The first-order chi connectivity index (χ1) is 11.9. The van der Waals surface area contributed by atoms with E-state index in [1.807, 2.05) is 13.0 Å². The highest BCUT2D eigenvalue weighted by atomic mass is 32.2. The van der Waals surface area contributed by atoms with E-state index in [1.165, 1.54) is 32.1 Å². The number of hydrogen-bond acceptors (Lipinski definition) is 3. The van der Waals surface area contributed by atoms with Gasteiger partial charge in [0.2, 0.25) is 15.9 Å². The number of aryl methyl sites for hydroxylation is 2. The zero-order valence-corrected chi connectivity index (χ0v) is 16.1. The second kappa shape index (κ2) is 9.34. The van der Waals surface area contributed by atoms with E-state index < -0.39 is 10.0 Å². The van der Waals surface area contributed by atoms with Gasteiger partial charge < -0.3 is 5.32 Å². The van der Waals surface area contributed by atoms with Gasteiger partial charge in [0.25, 0.3) is 0 Å². The molecular formula is C19H30N2O3S. The van der Waals surface area contributed by atoms with Gasteiger partial charge in [-0.05, 0) is 43.4 Å². The van der Waals surface area contributed by atoms with Gasteiger partial charge in [0, 0.05) is 19.5 Å². The molecule has 0 unspecified atom stereocenters. The molecule has 1 amide bonds. The third-order valence-electron chi connectivity index (χ3n) is 4.88. The molecule has 6 heteroatoms. The highest BCUT2D eigenvalue weighted by Crippen LogP contribution is 2.27. The monoisotopic (exact) mass is 366 g/mol. The topological polar surface area (TPSA) is 75.3 Å². The molecule has 25 heavy (non-hydrogen) atoms. The molecule has 0 radical (unpaired) electrons. The zero-order chi connectivity index (χ0) is 18.3. The standard InChI is InChI=1S/C19H30N2O3S/c1-15-8-9-16(2)18(14-15)25(23,24)21-13-12-20-19(22)11-10-17-6-4-3-5-7-17/h8-9,14,17,21H,3-7,10-13H2,1-2H3,(H,20,22). The zero-order valence-electron chi connectivity index (χ0n) is 15.3. The van der Waals surface area contributed by atoms with Crippen molar-refractivity contribution in [2.24, 2.45) is 5.92 Å². The van der Waals surface area contributed by atoms with E-state index >= 15 is 0 Å². The number of nitrogens with one attached hydrogen (secondary N) is 2. The van der Waals surface area contributed by atoms with Gasteiger partial charge in [-0.1, -0.05) is 44.2 Å². The van der Waals surface area contributed by atoms with E-state index in [1.54, 1.807) is 19.1 Å². The normalized spacial score (nSPS) is 15.9. The molecule has 1 fully saturated rings. The number of sulfonamides is 1. The highest BCUT2D eigenvalue weighted by molar-refractivity contribution is 7.89. The van der Waals surface area contributed by atoms with Crippen molar-refractivity contribution in [1.29, 1.82) is 0 Å². The van der Waals surface area contributed by atoms with Crippen LogP contribution in [0.3, 0.4) is 0 Å². The van der Waals surface area contributed by atoms with Crippen LogP contribution in [0.5, 0.6) is 0 Å². The summed E-state index contributed by atoms with van der Waals surface area (Å²) < 4.78 is 27.3. The van der Waals surface area contributed by atoms with Crippen LogP contribution in [-0.2, 0) is 14.8 Å². The number of amides is 1. The molecule has 0 heterocycles. The lowest BCUT2D eigenvalue weighted by Gasteiger charge is -2.21. The number of carbonyl (C=O) groups is 1. The molecule has 0 spiro atoms. The van der Waals surface area contributed by atoms with Gasteiger partial charge in [0.05, 0.1) is 4.90 Å². The summed E-state index contributed by atoms with van der Waals surface area (Å²) in [7, 11) is -3.54. The Morgan fingerprint density at radius 3 is 2.56 bits per heavy atom. The molecule has 1 saturated carbocycles. The van der Waals surface area contributed by atoms with E-state index in [0.717, 1.165) is 17.5 Å². The Bertz CT molecular complexity index is 680. The summed E-state index contributed by atoms with van der Waals surface area (Å²) in [4.78, 5) is 12.2. The molecule has 2 N–H and O–H groups in total. The van der Waals surface area contributed by atoms with Crippen LogP contribution in [-0.4, -0.2) is 27.4 Å². The Morgan fingerprint density at radius 1 is 1.12 bits per heavy atom. The van der Waals surface area contributed by atoms with Crippen LogP contribution < -0.4 is 10.0 Å². The first-order valence-corrected chi connectivity index (χ1v) is 10.7. The third-order valence-corrected chi connectivity index (χ3v) is 6.48. The van der Waals surface area contributed by atoms with Crippen molar-refractivity contribution >= 4 is 15.9 Å². The number of carbonyl (C=O) groups excluding carboxylic acids is 1. The largest absolute Gasteiger partial charge is 0.355 e. The van der Waals surface area contributed by atoms with E-state index in [0.29, 0.717) is 23.8 Å². The van der Waals surface area contributed by atoms with E-state index in [4.69, 9.17) is 0 Å². The molecule has 0 aromatic heterocycles. The molecular weight excluding hydrogens is 336 g/mol. The summed E-state index contributed by atoms with van der Waals surface area (Å²) in [6.07, 6.45) is 7.85. The Labute approximate surface area is 151 Å². The summed E-state index contributed by atoms with van der Waals surface area (Å²) in [6, 6.07) is 5.36. The van der Waals surface area contributed by atoms with Crippen LogP contribution in [0.15, 0.2) is 23.1 Å². The van der Waals surface area contributed by atoms with Crippen molar-refractivity contribution in [1.82, 2.24) is 10.0 Å². The van der Waals surface area contributed by atoms with Crippen molar-refractivity contribution in [3.63, 3.8) is 0 Å². The van der Waals surface area contributed by atoms with Crippen LogP contribution >= 0.6 is 0 Å². The predicted octanol–water partition coefficient (Wildman–Crippen LogP) is 3.06. The van der Waals surface area contributed by atoms with Crippen LogP contribution in [0.1, 0.15) is 56.1 Å². The van der Waals surface area contributed by atoms with Crippen molar-refractivity contribution in [2.45, 2.75) is 63.7 Å². The lowest BCUT2D eigenvalue weighted by molar-refractivity contribution is -0.121. The minimum atomic E-state index is -3.54. The number of rotatable bonds is 8. The Balaban J connectivity index is 1.70. The quantitative estimate of drug-likeness (QED) is 0.694. The third kappa shape index (κ3) is 6.44. The average Bonchev–Trinajstić information content (AvgIpc) is 2.60. The molecule has 0 bridgehead atoms. The molecule has 140 valence electrons. The fourth-order valence-corrected chi connectivity index (χ4v) is 4.72. The fourth-order valence-electron chi connectivity index (χ4n) is 3.36. The summed E-state index contributed by atoms with van der Waals surface area (Å²) in [5.41, 5.74) is 1.62. The number of benzene rings is 1. The minimum Gasteiger partial charge on any atom is -0.355 e. The van der Waals surface area contributed by atoms with Gasteiger partial charge in [-0.15, -0.1) is 0 Å². The fraction of sp³-hybridized carbons (Fsp3) is 0.632. The molecule has 1 aliphatic carbocycles. The minimum absolute atomic E-state index is 0.0107. The molecule has 5 nitrogen and oxygen atoms in total. The van der Waals surface area contributed by atoms with Crippen molar-refractivity contribution in [3.8, 4) is 0 Å². The van der Waals surface area contributed by atoms with Crippen LogP contribution in [0.4, 0.5) is 0 Å². The van der Waals surface area contributed by atoms with Crippen molar-refractivity contribution in [2.75, 3.05) is 13.1 Å². The molecule has 0 aliphatic heterocycles. The summed E-state index contributed by atoms with van der Waals surface area (Å²) >= 11 is 0. The first-order valence-electron chi connectivity index (χ1n) is 9.22. The van der Waals surface area contributed by atoms with Gasteiger partial charge in [-0.25, -0.2) is 13.1 Å². The molecule has 0 saturated heterocycles.